The molecule has 0 atom stereocenters. The molecule has 0 aromatic heterocycles. The minimum absolute atomic E-state index is 0.0407. The molecule has 1 aromatic rings. The van der Waals surface area contributed by atoms with Gasteiger partial charge in [-0.2, -0.15) is 0 Å². The fourth-order valence-electron chi connectivity index (χ4n) is 1.69. The number of nitrogens with one attached hydrogen (secondary N) is 1. The molecule has 0 radical (unpaired) electrons. The van der Waals surface area contributed by atoms with Crippen molar-refractivity contribution in [2.45, 2.75) is 18.9 Å². The van der Waals surface area contributed by atoms with Crippen molar-refractivity contribution in [1.82, 2.24) is 0 Å². The Balaban J connectivity index is 1.94. The second kappa shape index (κ2) is 4.21. The van der Waals surface area contributed by atoms with Crippen LogP contribution in [0.25, 0.3) is 0 Å². The Morgan fingerprint density at radius 2 is 2.20 bits per heavy atom. The third kappa shape index (κ3) is 2.49. The zero-order chi connectivity index (χ0) is 10.8. The third-order valence-electron chi connectivity index (χ3n) is 2.64. The number of anilines is 1. The van der Waals surface area contributed by atoms with Crippen molar-refractivity contribution in [2.24, 2.45) is 11.7 Å². The van der Waals surface area contributed by atoms with E-state index < -0.39 is 0 Å². The quantitative estimate of drug-likeness (QED) is 0.808. The maximum absolute atomic E-state index is 11.6. The van der Waals surface area contributed by atoms with Crippen LogP contribution in [-0.2, 0) is 4.79 Å². The lowest BCUT2D eigenvalue weighted by Gasteiger charge is -2.31. The summed E-state index contributed by atoms with van der Waals surface area (Å²) in [5.74, 6) is 0.109. The van der Waals surface area contributed by atoms with Crippen molar-refractivity contribution >= 4 is 23.2 Å². The summed E-state index contributed by atoms with van der Waals surface area (Å²) < 4.78 is 0. The van der Waals surface area contributed by atoms with Gasteiger partial charge in [0.1, 0.15) is 0 Å². The van der Waals surface area contributed by atoms with Gasteiger partial charge in [-0.3, -0.25) is 4.79 Å². The molecule has 1 aliphatic carbocycles. The Bertz CT molecular complexity index is 375. The highest BCUT2D eigenvalue weighted by Crippen LogP contribution is 2.27. The average molecular weight is 225 g/mol. The SMILES string of the molecule is NC1CC(C(=O)Nc2cccc(Cl)c2)C1. The summed E-state index contributed by atoms with van der Waals surface area (Å²) in [6.07, 6.45) is 1.57. The van der Waals surface area contributed by atoms with Crippen LogP contribution in [-0.4, -0.2) is 11.9 Å². The van der Waals surface area contributed by atoms with Gasteiger partial charge in [0.25, 0.3) is 0 Å². The molecular formula is C11H13ClN2O. The number of hydrogen-bond donors (Lipinski definition) is 2. The average Bonchev–Trinajstić information content (AvgIpc) is 2.13. The Kier molecular flexibility index (Phi) is 2.93. The third-order valence-corrected chi connectivity index (χ3v) is 2.87. The monoisotopic (exact) mass is 224 g/mol. The van der Waals surface area contributed by atoms with Crippen LogP contribution in [0.3, 0.4) is 0 Å². The number of carbonyl (C=O) groups excluding carboxylic acids is 1. The highest BCUT2D eigenvalue weighted by molar-refractivity contribution is 6.30. The van der Waals surface area contributed by atoms with Crippen LogP contribution in [0.15, 0.2) is 24.3 Å². The zero-order valence-corrected chi connectivity index (χ0v) is 9.00. The van der Waals surface area contributed by atoms with Gasteiger partial charge >= 0.3 is 0 Å². The summed E-state index contributed by atoms with van der Waals surface area (Å²) in [4.78, 5) is 11.6. The number of carbonyl (C=O) groups is 1. The first-order chi connectivity index (χ1) is 7.15. The van der Waals surface area contributed by atoms with Crippen molar-refractivity contribution in [1.29, 1.82) is 0 Å². The van der Waals surface area contributed by atoms with Crippen molar-refractivity contribution in [3.8, 4) is 0 Å². The van der Waals surface area contributed by atoms with Gasteiger partial charge in [0, 0.05) is 22.7 Å². The van der Waals surface area contributed by atoms with E-state index in [1.807, 2.05) is 12.1 Å². The summed E-state index contributed by atoms with van der Waals surface area (Å²) in [6, 6.07) is 7.33. The molecule has 1 fully saturated rings. The Morgan fingerprint density at radius 1 is 1.47 bits per heavy atom. The number of halogens is 1. The van der Waals surface area contributed by atoms with E-state index in [1.54, 1.807) is 12.1 Å². The lowest BCUT2D eigenvalue weighted by molar-refractivity contribution is -0.122. The molecule has 80 valence electrons. The highest BCUT2D eigenvalue weighted by Gasteiger charge is 2.31. The number of benzene rings is 1. The second-order valence-electron chi connectivity index (χ2n) is 3.93. The molecule has 0 spiro atoms. The van der Waals surface area contributed by atoms with Gasteiger partial charge in [0.15, 0.2) is 0 Å². The fraction of sp³-hybridized carbons (Fsp3) is 0.364. The fourth-order valence-corrected chi connectivity index (χ4v) is 1.88. The van der Waals surface area contributed by atoms with Crippen LogP contribution in [0.2, 0.25) is 5.02 Å². The maximum Gasteiger partial charge on any atom is 0.227 e. The van der Waals surface area contributed by atoms with E-state index in [0.29, 0.717) is 5.02 Å². The minimum Gasteiger partial charge on any atom is -0.328 e. The zero-order valence-electron chi connectivity index (χ0n) is 8.24. The molecule has 1 aliphatic rings. The van der Waals surface area contributed by atoms with Crippen molar-refractivity contribution in [3.05, 3.63) is 29.3 Å². The molecule has 0 aliphatic heterocycles. The summed E-state index contributed by atoms with van der Waals surface area (Å²) in [5.41, 5.74) is 6.37. The maximum atomic E-state index is 11.6. The first-order valence-corrected chi connectivity index (χ1v) is 5.35. The smallest absolute Gasteiger partial charge is 0.227 e. The van der Waals surface area contributed by atoms with Crippen LogP contribution < -0.4 is 11.1 Å². The minimum atomic E-state index is 0.0407. The van der Waals surface area contributed by atoms with Crippen LogP contribution >= 0.6 is 11.6 Å². The Hall–Kier alpha value is -1.06. The predicted octanol–water partition coefficient (Wildman–Crippen LogP) is 2.02. The van der Waals surface area contributed by atoms with E-state index in [4.69, 9.17) is 17.3 Å². The molecule has 3 N–H and O–H groups in total. The highest BCUT2D eigenvalue weighted by atomic mass is 35.5. The molecule has 0 unspecified atom stereocenters. The topological polar surface area (TPSA) is 55.1 Å². The summed E-state index contributed by atoms with van der Waals surface area (Å²) in [6.45, 7) is 0. The van der Waals surface area contributed by atoms with Gasteiger partial charge in [0.05, 0.1) is 0 Å². The van der Waals surface area contributed by atoms with Gasteiger partial charge < -0.3 is 11.1 Å². The number of rotatable bonds is 2. The normalized spacial score (nSPS) is 24.4. The molecule has 1 saturated carbocycles. The molecule has 15 heavy (non-hydrogen) atoms. The van der Waals surface area contributed by atoms with Crippen molar-refractivity contribution < 1.29 is 4.79 Å². The lowest BCUT2D eigenvalue weighted by Crippen LogP contribution is -2.42. The number of nitrogens with two attached hydrogens (primary N) is 1. The number of amides is 1. The van der Waals surface area contributed by atoms with E-state index in [2.05, 4.69) is 5.32 Å². The van der Waals surface area contributed by atoms with Gasteiger partial charge in [-0.1, -0.05) is 17.7 Å². The van der Waals surface area contributed by atoms with Gasteiger partial charge in [-0.25, -0.2) is 0 Å². The summed E-state index contributed by atoms with van der Waals surface area (Å²) in [7, 11) is 0. The van der Waals surface area contributed by atoms with Gasteiger partial charge in [0.2, 0.25) is 5.91 Å². The van der Waals surface area contributed by atoms with Crippen LogP contribution in [0.1, 0.15) is 12.8 Å². The van der Waals surface area contributed by atoms with E-state index >= 15 is 0 Å². The first-order valence-electron chi connectivity index (χ1n) is 4.97. The number of hydrogen-bond acceptors (Lipinski definition) is 2. The van der Waals surface area contributed by atoms with E-state index in [1.165, 1.54) is 0 Å². The van der Waals surface area contributed by atoms with Crippen LogP contribution in [0, 0.1) is 5.92 Å². The molecule has 0 bridgehead atoms. The summed E-state index contributed by atoms with van der Waals surface area (Å²) >= 11 is 5.81. The first kappa shape index (κ1) is 10.5. The van der Waals surface area contributed by atoms with Crippen LogP contribution in [0.4, 0.5) is 5.69 Å². The lowest BCUT2D eigenvalue weighted by atomic mass is 9.80. The van der Waals surface area contributed by atoms with E-state index in [0.717, 1.165) is 18.5 Å². The van der Waals surface area contributed by atoms with Gasteiger partial charge in [-0.15, -0.1) is 0 Å². The Labute approximate surface area is 93.6 Å². The molecule has 1 amide bonds. The molecule has 4 heteroatoms. The van der Waals surface area contributed by atoms with E-state index in [9.17, 15) is 4.79 Å². The molecule has 3 nitrogen and oxygen atoms in total. The largest absolute Gasteiger partial charge is 0.328 e. The predicted molar refractivity (Wildman–Crippen MR) is 60.8 cm³/mol. The van der Waals surface area contributed by atoms with Crippen LogP contribution in [0.5, 0.6) is 0 Å². The second-order valence-corrected chi connectivity index (χ2v) is 4.36. The molecular weight excluding hydrogens is 212 g/mol. The molecule has 0 heterocycles. The van der Waals surface area contributed by atoms with E-state index in [-0.39, 0.29) is 17.9 Å². The van der Waals surface area contributed by atoms with Crippen molar-refractivity contribution in [2.75, 3.05) is 5.32 Å². The molecule has 1 aromatic carbocycles. The Morgan fingerprint density at radius 3 is 2.80 bits per heavy atom. The van der Waals surface area contributed by atoms with Gasteiger partial charge in [-0.05, 0) is 31.0 Å². The summed E-state index contributed by atoms with van der Waals surface area (Å²) in [5, 5.41) is 3.45. The molecule has 2 rings (SSSR count). The molecule has 0 saturated heterocycles. The standard InChI is InChI=1S/C11H13ClN2O/c12-8-2-1-3-10(6-8)14-11(15)7-4-9(13)5-7/h1-3,6-7,9H,4-5,13H2,(H,14,15). The van der Waals surface area contributed by atoms with Crippen molar-refractivity contribution in [3.63, 3.8) is 0 Å².